The average Bonchev–Trinajstić information content (AvgIpc) is 2.57. The van der Waals surface area contributed by atoms with Gasteiger partial charge in [-0.1, -0.05) is 31.7 Å². The molecule has 5 heteroatoms. The van der Waals surface area contributed by atoms with E-state index in [0.29, 0.717) is 18.7 Å². The van der Waals surface area contributed by atoms with E-state index in [9.17, 15) is 15.0 Å². The van der Waals surface area contributed by atoms with Crippen LogP contribution in [-0.4, -0.2) is 41.2 Å². The van der Waals surface area contributed by atoms with E-state index in [0.717, 1.165) is 24.9 Å². The monoisotopic (exact) mass is 336 g/mol. The Morgan fingerprint density at radius 2 is 1.79 bits per heavy atom. The number of nitrogens with one attached hydrogen (secondary N) is 1. The fourth-order valence-corrected chi connectivity index (χ4v) is 2.73. The van der Waals surface area contributed by atoms with Gasteiger partial charge in [0.2, 0.25) is 5.91 Å². The minimum Gasteiger partial charge on any atom is -0.508 e. The van der Waals surface area contributed by atoms with Crippen molar-refractivity contribution in [3.8, 4) is 5.75 Å². The van der Waals surface area contributed by atoms with Crippen LogP contribution in [0.2, 0.25) is 0 Å². The second-order valence-corrected chi connectivity index (χ2v) is 6.29. The second-order valence-electron chi connectivity index (χ2n) is 6.29. The molecular formula is C19H32N2O3. The molecule has 1 aromatic rings. The van der Waals surface area contributed by atoms with E-state index in [1.54, 1.807) is 30.0 Å². The van der Waals surface area contributed by atoms with Gasteiger partial charge >= 0.3 is 0 Å². The van der Waals surface area contributed by atoms with Crippen molar-refractivity contribution in [1.82, 2.24) is 10.2 Å². The van der Waals surface area contributed by atoms with E-state index in [1.807, 2.05) is 7.05 Å². The van der Waals surface area contributed by atoms with Crippen LogP contribution in [0.4, 0.5) is 0 Å². The lowest BCUT2D eigenvalue weighted by Crippen LogP contribution is -2.29. The fourth-order valence-electron chi connectivity index (χ4n) is 2.73. The number of benzene rings is 1. The van der Waals surface area contributed by atoms with E-state index in [2.05, 4.69) is 5.32 Å². The first-order chi connectivity index (χ1) is 11.6. The number of aliphatic hydroxyl groups excluding tert-OH is 1. The highest BCUT2D eigenvalue weighted by molar-refractivity contribution is 5.73. The Balaban J connectivity index is 2.38. The minimum absolute atomic E-state index is 0.0119. The quantitative estimate of drug-likeness (QED) is 0.513. The third-order valence-electron chi connectivity index (χ3n) is 4.24. The number of amides is 1. The number of hydrogen-bond acceptors (Lipinski definition) is 4. The molecule has 0 aliphatic carbocycles. The Labute approximate surface area is 145 Å². The molecule has 0 aliphatic rings. The van der Waals surface area contributed by atoms with E-state index in [4.69, 9.17) is 0 Å². The first kappa shape index (κ1) is 20.5. The molecule has 0 spiro atoms. The summed E-state index contributed by atoms with van der Waals surface area (Å²) in [4.78, 5) is 13.6. The maximum absolute atomic E-state index is 11.8. The molecule has 0 saturated heterocycles. The zero-order chi connectivity index (χ0) is 17.8. The number of aromatic hydroxyl groups is 1. The molecule has 0 unspecified atom stereocenters. The Morgan fingerprint density at radius 1 is 1.12 bits per heavy atom. The van der Waals surface area contributed by atoms with Gasteiger partial charge in [0.05, 0.1) is 6.61 Å². The molecule has 0 aromatic heterocycles. The van der Waals surface area contributed by atoms with Gasteiger partial charge in [-0.05, 0) is 44.1 Å². The lowest BCUT2D eigenvalue weighted by molar-refractivity contribution is -0.129. The van der Waals surface area contributed by atoms with Crippen LogP contribution < -0.4 is 5.32 Å². The summed E-state index contributed by atoms with van der Waals surface area (Å²) in [5, 5.41) is 22.3. The molecule has 5 nitrogen and oxygen atoms in total. The highest BCUT2D eigenvalue weighted by atomic mass is 16.3. The summed E-state index contributed by atoms with van der Waals surface area (Å²) in [6.45, 7) is 3.66. The highest BCUT2D eigenvalue weighted by Crippen LogP contribution is 2.21. The van der Waals surface area contributed by atoms with Gasteiger partial charge in [-0.25, -0.2) is 0 Å². The van der Waals surface area contributed by atoms with Crippen LogP contribution >= 0.6 is 0 Å². The highest BCUT2D eigenvalue weighted by Gasteiger charge is 2.12. The van der Waals surface area contributed by atoms with Crippen LogP contribution in [0.3, 0.4) is 0 Å². The van der Waals surface area contributed by atoms with Gasteiger partial charge in [0.25, 0.3) is 0 Å². The van der Waals surface area contributed by atoms with E-state index >= 15 is 0 Å². The summed E-state index contributed by atoms with van der Waals surface area (Å²) in [6, 6.07) is 5.02. The number of hydrogen-bond donors (Lipinski definition) is 3. The van der Waals surface area contributed by atoms with Gasteiger partial charge in [-0.3, -0.25) is 4.79 Å². The topological polar surface area (TPSA) is 72.8 Å². The number of unbranched alkanes of at least 4 members (excludes halogenated alkanes) is 5. The van der Waals surface area contributed by atoms with Crippen molar-refractivity contribution in [3.05, 3.63) is 29.3 Å². The number of phenolic OH excluding ortho intramolecular Hbond substituents is 1. The number of phenols is 1. The standard InChI is InChI=1S/C19H32N2O3/c1-16(23)21(12-8-6-4-3-5-7-11-20-2)14-18-13-17(15-22)9-10-19(18)24/h9-10,13,20,22,24H,3-8,11-12,14-15H2,1-2H3. The summed E-state index contributed by atoms with van der Waals surface area (Å²) < 4.78 is 0. The Bertz CT molecular complexity index is 492. The maximum atomic E-state index is 11.8. The second kappa shape index (κ2) is 11.9. The molecule has 136 valence electrons. The lowest BCUT2D eigenvalue weighted by atomic mass is 10.1. The van der Waals surface area contributed by atoms with Crippen LogP contribution in [0.5, 0.6) is 5.75 Å². The Kier molecular flexibility index (Phi) is 10.1. The van der Waals surface area contributed by atoms with Gasteiger partial charge in [-0.15, -0.1) is 0 Å². The van der Waals surface area contributed by atoms with Crippen molar-refractivity contribution in [2.75, 3.05) is 20.1 Å². The molecule has 1 aromatic carbocycles. The number of carbonyl (C=O) groups excluding carboxylic acids is 1. The molecule has 0 fully saturated rings. The van der Waals surface area contributed by atoms with Crippen molar-refractivity contribution < 1.29 is 15.0 Å². The van der Waals surface area contributed by atoms with Gasteiger partial charge in [-0.2, -0.15) is 0 Å². The first-order valence-electron chi connectivity index (χ1n) is 8.90. The summed E-state index contributed by atoms with van der Waals surface area (Å²) >= 11 is 0. The van der Waals surface area contributed by atoms with Crippen molar-refractivity contribution in [2.45, 2.75) is 58.6 Å². The molecule has 3 N–H and O–H groups in total. The van der Waals surface area contributed by atoms with Gasteiger partial charge in [0.1, 0.15) is 5.75 Å². The SMILES string of the molecule is CNCCCCCCCCN(Cc1cc(CO)ccc1O)C(C)=O. The third kappa shape index (κ3) is 7.79. The molecule has 1 amide bonds. The van der Waals surface area contributed by atoms with Gasteiger partial charge in [0.15, 0.2) is 0 Å². The van der Waals surface area contributed by atoms with Crippen LogP contribution in [0.25, 0.3) is 0 Å². The summed E-state index contributed by atoms with van der Waals surface area (Å²) in [5.41, 5.74) is 1.43. The van der Waals surface area contributed by atoms with E-state index < -0.39 is 0 Å². The third-order valence-corrected chi connectivity index (χ3v) is 4.24. The van der Waals surface area contributed by atoms with Crippen LogP contribution in [-0.2, 0) is 17.9 Å². The van der Waals surface area contributed by atoms with Crippen LogP contribution in [0.1, 0.15) is 56.6 Å². The Morgan fingerprint density at radius 3 is 2.42 bits per heavy atom. The normalized spacial score (nSPS) is 10.8. The number of aliphatic hydroxyl groups is 1. The van der Waals surface area contributed by atoms with E-state index in [1.165, 1.54) is 25.7 Å². The summed E-state index contributed by atoms with van der Waals surface area (Å²) in [5.74, 6) is 0.181. The average molecular weight is 336 g/mol. The summed E-state index contributed by atoms with van der Waals surface area (Å²) in [6.07, 6.45) is 7.00. The molecule has 0 aliphatic heterocycles. The van der Waals surface area contributed by atoms with Crippen molar-refractivity contribution >= 4 is 5.91 Å². The van der Waals surface area contributed by atoms with Crippen LogP contribution in [0, 0.1) is 0 Å². The maximum Gasteiger partial charge on any atom is 0.219 e. The van der Waals surface area contributed by atoms with E-state index in [-0.39, 0.29) is 18.3 Å². The first-order valence-corrected chi connectivity index (χ1v) is 8.90. The molecule has 0 bridgehead atoms. The van der Waals surface area contributed by atoms with Crippen molar-refractivity contribution in [1.29, 1.82) is 0 Å². The van der Waals surface area contributed by atoms with Crippen molar-refractivity contribution in [3.63, 3.8) is 0 Å². The fraction of sp³-hybridized carbons (Fsp3) is 0.632. The molecular weight excluding hydrogens is 304 g/mol. The Hall–Kier alpha value is -1.59. The van der Waals surface area contributed by atoms with Crippen LogP contribution in [0.15, 0.2) is 18.2 Å². The number of carbonyl (C=O) groups is 1. The molecule has 0 heterocycles. The molecule has 0 saturated carbocycles. The lowest BCUT2D eigenvalue weighted by Gasteiger charge is -2.22. The van der Waals surface area contributed by atoms with Crippen molar-refractivity contribution in [2.24, 2.45) is 0 Å². The molecule has 0 radical (unpaired) electrons. The predicted molar refractivity (Wildman–Crippen MR) is 96.7 cm³/mol. The zero-order valence-corrected chi connectivity index (χ0v) is 15.1. The summed E-state index contributed by atoms with van der Waals surface area (Å²) in [7, 11) is 1.98. The van der Waals surface area contributed by atoms with Gasteiger partial charge < -0.3 is 20.4 Å². The smallest absolute Gasteiger partial charge is 0.219 e. The largest absolute Gasteiger partial charge is 0.508 e. The predicted octanol–water partition coefficient (Wildman–Crippen LogP) is 2.79. The molecule has 24 heavy (non-hydrogen) atoms. The zero-order valence-electron chi connectivity index (χ0n) is 15.1. The molecule has 1 rings (SSSR count). The minimum atomic E-state index is -0.0685. The number of rotatable bonds is 12. The number of nitrogens with zero attached hydrogens (tertiary/aromatic N) is 1. The molecule has 0 atom stereocenters. The van der Waals surface area contributed by atoms with Gasteiger partial charge in [0, 0.05) is 25.6 Å².